The maximum Gasteiger partial charge on any atom is -0.00136 e. The van der Waals surface area contributed by atoms with Gasteiger partial charge in [-0.2, -0.15) is 0 Å². The second kappa shape index (κ2) is 11.7. The minimum absolute atomic E-state index is 0.750. The van der Waals surface area contributed by atoms with E-state index in [0.717, 1.165) is 31.1 Å². The lowest BCUT2D eigenvalue weighted by atomic mass is 9.79. The highest BCUT2D eigenvalue weighted by Gasteiger charge is 2.20. The number of rotatable bonds is 6. The Morgan fingerprint density at radius 2 is 1.60 bits per heavy atom. The molecule has 3 aromatic rings. The van der Waals surface area contributed by atoms with Crippen molar-refractivity contribution < 1.29 is 0 Å². The molecule has 0 aromatic heterocycles. The van der Waals surface area contributed by atoms with Crippen molar-refractivity contribution in [2.45, 2.75) is 78.6 Å². The number of allylic oxidation sites excluding steroid dienone is 2. The molecule has 0 spiro atoms. The lowest BCUT2D eigenvalue weighted by Gasteiger charge is -2.26. The van der Waals surface area contributed by atoms with Crippen LogP contribution in [0.25, 0.3) is 17.2 Å². The first-order chi connectivity index (χ1) is 17.1. The van der Waals surface area contributed by atoms with Crippen molar-refractivity contribution in [3.05, 3.63) is 112 Å². The minimum atomic E-state index is 0.750. The van der Waals surface area contributed by atoms with Gasteiger partial charge >= 0.3 is 0 Å². The molecule has 1 saturated carbocycles. The summed E-state index contributed by atoms with van der Waals surface area (Å²) in [6, 6.07) is 25.3. The molecule has 0 saturated heterocycles. The molecule has 35 heavy (non-hydrogen) atoms. The Balaban J connectivity index is 0.00000141. The summed E-state index contributed by atoms with van der Waals surface area (Å²) in [6.45, 7) is 13.0. The summed E-state index contributed by atoms with van der Waals surface area (Å²) in [5, 5.41) is 0. The fourth-order valence-corrected chi connectivity index (χ4v) is 5.62. The third-order valence-corrected chi connectivity index (χ3v) is 7.85. The quantitative estimate of drug-likeness (QED) is 0.342. The topological polar surface area (TPSA) is 0 Å². The first kappa shape index (κ1) is 25.2. The van der Waals surface area contributed by atoms with E-state index >= 15 is 0 Å². The number of fused-ring (bicyclic) bond motifs is 1. The summed E-state index contributed by atoms with van der Waals surface area (Å²) in [5.41, 5.74) is 12.4. The molecule has 0 unspecified atom stereocenters. The van der Waals surface area contributed by atoms with Crippen molar-refractivity contribution in [1.82, 2.24) is 0 Å². The molecule has 0 radical (unpaired) electrons. The summed E-state index contributed by atoms with van der Waals surface area (Å²) in [6.07, 6.45) is 10.8. The Labute approximate surface area is 213 Å². The summed E-state index contributed by atoms with van der Waals surface area (Å²) < 4.78 is 0. The van der Waals surface area contributed by atoms with Crippen LogP contribution in [0, 0.1) is 5.92 Å². The highest BCUT2D eigenvalue weighted by molar-refractivity contribution is 5.88. The van der Waals surface area contributed by atoms with E-state index in [2.05, 4.69) is 93.2 Å². The van der Waals surface area contributed by atoms with Crippen LogP contribution in [-0.4, -0.2) is 0 Å². The normalized spacial score (nSPS) is 18.8. The number of aryl methyl sites for hydroxylation is 1. The maximum absolute atomic E-state index is 4.43. The predicted octanol–water partition coefficient (Wildman–Crippen LogP) is 9.92. The highest BCUT2D eigenvalue weighted by atomic mass is 14.2. The zero-order valence-electron chi connectivity index (χ0n) is 22.2. The van der Waals surface area contributed by atoms with Gasteiger partial charge in [-0.05, 0) is 94.0 Å². The second-order valence-electron chi connectivity index (χ2n) is 10.3. The van der Waals surface area contributed by atoms with Gasteiger partial charge < -0.3 is 0 Å². The molecule has 2 aliphatic carbocycles. The van der Waals surface area contributed by atoms with Gasteiger partial charge in [-0.1, -0.05) is 120 Å². The zero-order chi connectivity index (χ0) is 24.8. The van der Waals surface area contributed by atoms with Gasteiger partial charge in [0.2, 0.25) is 0 Å². The minimum Gasteiger partial charge on any atom is -0.0949 e. The van der Waals surface area contributed by atoms with Crippen molar-refractivity contribution in [2.24, 2.45) is 5.92 Å². The Kier molecular flexibility index (Phi) is 8.45. The molecular weight excluding hydrogens is 420 g/mol. The molecule has 2 aliphatic rings. The lowest BCUT2D eigenvalue weighted by Crippen LogP contribution is -2.10. The van der Waals surface area contributed by atoms with Crippen molar-refractivity contribution >= 4 is 17.2 Å². The predicted molar refractivity (Wildman–Crippen MR) is 155 cm³/mol. The van der Waals surface area contributed by atoms with Gasteiger partial charge in [0.15, 0.2) is 0 Å². The van der Waals surface area contributed by atoms with Gasteiger partial charge in [-0.25, -0.2) is 0 Å². The van der Waals surface area contributed by atoms with Crippen LogP contribution in [0.15, 0.2) is 73.3 Å². The molecule has 1 fully saturated rings. The van der Waals surface area contributed by atoms with E-state index in [1.807, 2.05) is 13.8 Å². The van der Waals surface area contributed by atoms with Gasteiger partial charge in [0.05, 0.1) is 0 Å². The SMILES string of the molecule is C=C(Cc1ccc2c(c1)CC(c1cccc(CC)c1)=C2)c1ccc(C2CCC(C)CC2)cc1.CC. The molecule has 0 amide bonds. The van der Waals surface area contributed by atoms with Gasteiger partial charge in [0.25, 0.3) is 0 Å². The average Bonchev–Trinajstić information content (AvgIpc) is 3.34. The Morgan fingerprint density at radius 1 is 0.857 bits per heavy atom. The van der Waals surface area contributed by atoms with Gasteiger partial charge in [-0.3, -0.25) is 0 Å². The fourth-order valence-electron chi connectivity index (χ4n) is 5.62. The zero-order valence-corrected chi connectivity index (χ0v) is 22.2. The molecule has 0 heterocycles. The van der Waals surface area contributed by atoms with E-state index in [1.165, 1.54) is 75.8 Å². The van der Waals surface area contributed by atoms with E-state index in [9.17, 15) is 0 Å². The van der Waals surface area contributed by atoms with Crippen LogP contribution in [0.1, 0.15) is 98.2 Å². The molecule has 0 heteroatoms. The molecule has 0 atom stereocenters. The molecule has 3 aromatic carbocycles. The van der Waals surface area contributed by atoms with E-state index in [4.69, 9.17) is 0 Å². The highest BCUT2D eigenvalue weighted by Crippen LogP contribution is 2.36. The Morgan fingerprint density at radius 3 is 2.31 bits per heavy atom. The number of benzene rings is 3. The number of hydrogen-bond donors (Lipinski definition) is 0. The third kappa shape index (κ3) is 6.04. The van der Waals surface area contributed by atoms with Crippen molar-refractivity contribution in [1.29, 1.82) is 0 Å². The van der Waals surface area contributed by atoms with E-state index in [1.54, 1.807) is 0 Å². The summed E-state index contributed by atoms with van der Waals surface area (Å²) >= 11 is 0. The van der Waals surface area contributed by atoms with E-state index < -0.39 is 0 Å². The molecule has 0 bridgehead atoms. The monoisotopic (exact) mass is 462 g/mol. The molecule has 182 valence electrons. The molecule has 0 aliphatic heterocycles. The van der Waals surface area contributed by atoms with Crippen LogP contribution in [0.2, 0.25) is 0 Å². The first-order valence-electron chi connectivity index (χ1n) is 13.8. The fraction of sp³-hybridized carbons (Fsp3) is 0.371. The molecule has 5 rings (SSSR count). The van der Waals surface area contributed by atoms with Crippen molar-refractivity contribution in [3.8, 4) is 0 Å². The Hall–Kier alpha value is -2.86. The van der Waals surface area contributed by atoms with Crippen LogP contribution in [0.4, 0.5) is 0 Å². The summed E-state index contributed by atoms with van der Waals surface area (Å²) in [4.78, 5) is 0. The van der Waals surface area contributed by atoms with Crippen LogP contribution < -0.4 is 0 Å². The van der Waals surface area contributed by atoms with Gasteiger partial charge in [0.1, 0.15) is 0 Å². The largest absolute Gasteiger partial charge is 0.0949 e. The van der Waals surface area contributed by atoms with E-state index in [-0.39, 0.29) is 0 Å². The maximum atomic E-state index is 4.43. The Bertz CT molecular complexity index is 1170. The standard InChI is InChI=1S/C33H36.C2H6/c1-4-25-6-5-7-30(19-25)33-21-31-13-10-26(20-32(31)22-33)18-24(3)27-14-16-29(17-15-27)28-11-8-23(2)9-12-28;1-2/h5-7,10,13-17,19-21,23,28H,3-4,8-9,11-12,18,22H2,1-2H3;1-2H3. The second-order valence-corrected chi connectivity index (χ2v) is 10.3. The van der Waals surface area contributed by atoms with Crippen LogP contribution in [-0.2, 0) is 19.3 Å². The van der Waals surface area contributed by atoms with Gasteiger partial charge in [-0.15, -0.1) is 0 Å². The number of hydrogen-bond acceptors (Lipinski definition) is 0. The third-order valence-electron chi connectivity index (χ3n) is 7.85. The molecular formula is C35H42. The van der Waals surface area contributed by atoms with Crippen molar-refractivity contribution in [3.63, 3.8) is 0 Å². The van der Waals surface area contributed by atoms with Crippen molar-refractivity contribution in [2.75, 3.05) is 0 Å². The average molecular weight is 463 g/mol. The van der Waals surface area contributed by atoms with Crippen LogP contribution in [0.5, 0.6) is 0 Å². The summed E-state index contributed by atoms with van der Waals surface area (Å²) in [5.74, 6) is 1.65. The van der Waals surface area contributed by atoms with Crippen LogP contribution >= 0.6 is 0 Å². The molecule has 0 N–H and O–H groups in total. The lowest BCUT2D eigenvalue weighted by molar-refractivity contribution is 0.348. The van der Waals surface area contributed by atoms with E-state index in [0.29, 0.717) is 0 Å². The van der Waals surface area contributed by atoms with Gasteiger partial charge in [0, 0.05) is 0 Å². The molecule has 0 nitrogen and oxygen atoms in total. The first-order valence-corrected chi connectivity index (χ1v) is 13.8. The van der Waals surface area contributed by atoms with Crippen LogP contribution in [0.3, 0.4) is 0 Å². The summed E-state index contributed by atoms with van der Waals surface area (Å²) in [7, 11) is 0. The smallest absolute Gasteiger partial charge is 0.00136 e.